The highest BCUT2D eigenvalue weighted by Gasteiger charge is 2.31. The zero-order valence-corrected chi connectivity index (χ0v) is 14.4. The molecular formula is C20H28F2N2. The zero-order valence-electron chi connectivity index (χ0n) is 14.4. The fourth-order valence-corrected chi connectivity index (χ4v) is 4.42. The average Bonchev–Trinajstić information content (AvgIpc) is 2.60. The molecule has 2 aliphatic rings. The van der Waals surface area contributed by atoms with E-state index in [9.17, 15) is 8.78 Å². The van der Waals surface area contributed by atoms with Gasteiger partial charge in [-0.2, -0.15) is 0 Å². The third kappa shape index (κ3) is 3.96. The van der Waals surface area contributed by atoms with E-state index in [0.717, 1.165) is 25.7 Å². The number of benzene rings is 1. The van der Waals surface area contributed by atoms with Crippen molar-refractivity contribution in [1.82, 2.24) is 4.90 Å². The summed E-state index contributed by atoms with van der Waals surface area (Å²) in [6.45, 7) is 0. The van der Waals surface area contributed by atoms with Gasteiger partial charge in [-0.15, -0.1) is 0 Å². The summed E-state index contributed by atoms with van der Waals surface area (Å²) in [5.74, 6) is -0.670. The SMILES string of the molecule is N=C(Cc1c(F)cccc1F)N(C1CCCCC1)C1CCCCC1. The highest BCUT2D eigenvalue weighted by Crippen LogP contribution is 2.31. The van der Waals surface area contributed by atoms with Gasteiger partial charge in [-0.1, -0.05) is 44.6 Å². The van der Waals surface area contributed by atoms with Gasteiger partial charge in [0.25, 0.3) is 0 Å². The molecule has 0 radical (unpaired) electrons. The molecule has 1 N–H and O–H groups in total. The minimum absolute atomic E-state index is 0.0409. The summed E-state index contributed by atoms with van der Waals surface area (Å²) < 4.78 is 28.0. The van der Waals surface area contributed by atoms with Crippen molar-refractivity contribution in [2.45, 2.75) is 82.7 Å². The molecule has 0 spiro atoms. The van der Waals surface area contributed by atoms with Crippen LogP contribution in [0.25, 0.3) is 0 Å². The van der Waals surface area contributed by atoms with Crippen molar-refractivity contribution in [3.8, 4) is 0 Å². The van der Waals surface area contributed by atoms with E-state index in [1.54, 1.807) is 0 Å². The van der Waals surface area contributed by atoms with Crippen LogP contribution >= 0.6 is 0 Å². The fourth-order valence-electron chi connectivity index (χ4n) is 4.42. The lowest BCUT2D eigenvalue weighted by atomic mass is 9.88. The number of rotatable bonds is 4. The van der Waals surface area contributed by atoms with Crippen LogP contribution in [0.15, 0.2) is 18.2 Å². The molecular weight excluding hydrogens is 306 g/mol. The van der Waals surface area contributed by atoms with Crippen LogP contribution in [-0.2, 0) is 6.42 Å². The molecule has 3 rings (SSSR count). The van der Waals surface area contributed by atoms with Gasteiger partial charge in [0, 0.05) is 24.1 Å². The van der Waals surface area contributed by atoms with Crippen molar-refractivity contribution in [2.75, 3.05) is 0 Å². The Morgan fingerprint density at radius 2 is 1.33 bits per heavy atom. The number of nitrogens with zero attached hydrogens (tertiary/aromatic N) is 1. The Balaban J connectivity index is 1.79. The van der Waals surface area contributed by atoms with Crippen LogP contribution in [0.1, 0.15) is 69.8 Å². The molecule has 1 aromatic rings. The average molecular weight is 334 g/mol. The lowest BCUT2D eigenvalue weighted by molar-refractivity contribution is 0.154. The summed E-state index contributed by atoms with van der Waals surface area (Å²) in [6, 6.07) is 4.72. The van der Waals surface area contributed by atoms with Crippen LogP contribution in [-0.4, -0.2) is 22.8 Å². The van der Waals surface area contributed by atoms with Gasteiger partial charge in [0.2, 0.25) is 0 Å². The van der Waals surface area contributed by atoms with Crippen molar-refractivity contribution >= 4 is 5.84 Å². The van der Waals surface area contributed by atoms with Gasteiger partial charge in [0.15, 0.2) is 0 Å². The molecule has 0 heterocycles. The Bertz CT molecular complexity index is 523. The lowest BCUT2D eigenvalue weighted by Crippen LogP contribution is -2.49. The maximum atomic E-state index is 14.0. The molecule has 2 aliphatic carbocycles. The number of hydrogen-bond acceptors (Lipinski definition) is 1. The van der Waals surface area contributed by atoms with Gasteiger partial charge in [0.1, 0.15) is 17.5 Å². The summed E-state index contributed by atoms with van der Waals surface area (Å²) in [7, 11) is 0. The lowest BCUT2D eigenvalue weighted by Gasteiger charge is -2.43. The van der Waals surface area contributed by atoms with Crippen molar-refractivity contribution in [3.63, 3.8) is 0 Å². The van der Waals surface area contributed by atoms with E-state index >= 15 is 0 Å². The maximum Gasteiger partial charge on any atom is 0.129 e. The second-order valence-electron chi connectivity index (χ2n) is 7.31. The predicted octanol–water partition coefficient (Wildman–Crippen LogP) is 5.45. The van der Waals surface area contributed by atoms with E-state index in [1.807, 2.05) is 0 Å². The Labute approximate surface area is 143 Å². The second-order valence-corrected chi connectivity index (χ2v) is 7.31. The van der Waals surface area contributed by atoms with Crippen LogP contribution in [0, 0.1) is 17.0 Å². The monoisotopic (exact) mass is 334 g/mol. The number of hydrogen-bond donors (Lipinski definition) is 1. The summed E-state index contributed by atoms with van der Waals surface area (Å²) in [4.78, 5) is 2.24. The van der Waals surface area contributed by atoms with Crippen LogP contribution in [0.4, 0.5) is 8.78 Å². The van der Waals surface area contributed by atoms with Gasteiger partial charge < -0.3 is 4.90 Å². The molecule has 132 valence electrons. The quantitative estimate of drug-likeness (QED) is 0.575. The minimum Gasteiger partial charge on any atom is -0.354 e. The first-order chi connectivity index (χ1) is 11.7. The first-order valence-corrected chi connectivity index (χ1v) is 9.45. The van der Waals surface area contributed by atoms with Gasteiger partial charge in [0.05, 0.1) is 0 Å². The van der Waals surface area contributed by atoms with Crippen LogP contribution < -0.4 is 0 Å². The fraction of sp³-hybridized carbons (Fsp3) is 0.650. The van der Waals surface area contributed by atoms with Crippen molar-refractivity contribution in [3.05, 3.63) is 35.4 Å². The molecule has 1 aromatic carbocycles. The Morgan fingerprint density at radius 3 is 1.79 bits per heavy atom. The molecule has 0 saturated heterocycles. The van der Waals surface area contributed by atoms with E-state index in [4.69, 9.17) is 5.41 Å². The van der Waals surface area contributed by atoms with Crippen LogP contribution in [0.3, 0.4) is 0 Å². The molecule has 0 aromatic heterocycles. The van der Waals surface area contributed by atoms with E-state index < -0.39 is 11.6 Å². The van der Waals surface area contributed by atoms with Gasteiger partial charge >= 0.3 is 0 Å². The standard InChI is InChI=1S/C20H28F2N2/c21-18-12-7-13-19(22)17(18)14-20(23)24(15-8-3-1-4-9-15)16-10-5-2-6-11-16/h7,12-13,15-16,23H,1-6,8-11,14H2. The highest BCUT2D eigenvalue weighted by molar-refractivity contribution is 5.82. The van der Waals surface area contributed by atoms with E-state index in [-0.39, 0.29) is 12.0 Å². The van der Waals surface area contributed by atoms with Gasteiger partial charge in [-0.05, 0) is 37.8 Å². The Hall–Kier alpha value is -1.45. The third-order valence-corrected chi connectivity index (χ3v) is 5.65. The van der Waals surface area contributed by atoms with E-state index in [2.05, 4.69) is 4.90 Å². The molecule has 0 bridgehead atoms. The number of nitrogens with one attached hydrogen (secondary N) is 1. The zero-order chi connectivity index (χ0) is 16.9. The predicted molar refractivity (Wildman–Crippen MR) is 93.4 cm³/mol. The normalized spacial score (nSPS) is 20.1. The molecule has 0 aliphatic heterocycles. The van der Waals surface area contributed by atoms with Gasteiger partial charge in [-0.25, -0.2) is 8.78 Å². The smallest absolute Gasteiger partial charge is 0.129 e. The van der Waals surface area contributed by atoms with Crippen LogP contribution in [0.5, 0.6) is 0 Å². The highest BCUT2D eigenvalue weighted by atomic mass is 19.1. The first kappa shape index (κ1) is 17.4. The molecule has 0 atom stereocenters. The van der Waals surface area contributed by atoms with Crippen molar-refractivity contribution in [1.29, 1.82) is 5.41 Å². The second kappa shape index (κ2) is 8.09. The number of halogens is 2. The molecule has 4 heteroatoms. The maximum absolute atomic E-state index is 14.0. The van der Waals surface area contributed by atoms with E-state index in [1.165, 1.54) is 56.7 Å². The third-order valence-electron chi connectivity index (χ3n) is 5.65. The molecule has 0 amide bonds. The minimum atomic E-state index is -0.535. The molecule has 2 saturated carbocycles. The Kier molecular flexibility index (Phi) is 5.85. The molecule has 2 fully saturated rings. The van der Waals surface area contributed by atoms with Gasteiger partial charge in [-0.3, -0.25) is 5.41 Å². The van der Waals surface area contributed by atoms with Crippen LogP contribution in [0.2, 0.25) is 0 Å². The molecule has 2 nitrogen and oxygen atoms in total. The summed E-state index contributed by atoms with van der Waals surface area (Å²) in [5, 5.41) is 8.64. The summed E-state index contributed by atoms with van der Waals surface area (Å²) >= 11 is 0. The molecule has 24 heavy (non-hydrogen) atoms. The van der Waals surface area contributed by atoms with Crippen molar-refractivity contribution in [2.24, 2.45) is 0 Å². The summed E-state index contributed by atoms with van der Waals surface area (Å²) in [5.41, 5.74) is 0.0409. The first-order valence-electron chi connectivity index (χ1n) is 9.45. The number of amidine groups is 1. The molecule has 0 unspecified atom stereocenters. The Morgan fingerprint density at radius 1 is 0.875 bits per heavy atom. The van der Waals surface area contributed by atoms with E-state index in [0.29, 0.717) is 17.9 Å². The largest absolute Gasteiger partial charge is 0.354 e. The summed E-state index contributed by atoms with van der Waals surface area (Å²) in [6.07, 6.45) is 11.9. The topological polar surface area (TPSA) is 27.1 Å². The van der Waals surface area contributed by atoms with Crippen molar-refractivity contribution < 1.29 is 8.78 Å².